The van der Waals surface area contributed by atoms with Crippen LogP contribution in [0.25, 0.3) is 0 Å². The highest BCUT2D eigenvalue weighted by Crippen LogP contribution is 2.29. The van der Waals surface area contributed by atoms with Crippen molar-refractivity contribution in [3.8, 4) is 0 Å². The van der Waals surface area contributed by atoms with Crippen LogP contribution in [-0.4, -0.2) is 11.9 Å². The van der Waals surface area contributed by atoms with E-state index in [1.165, 1.54) is 29.7 Å². The van der Waals surface area contributed by atoms with Gasteiger partial charge in [-0.15, -0.1) is 11.3 Å². The van der Waals surface area contributed by atoms with E-state index in [0.29, 0.717) is 11.4 Å². The minimum absolute atomic E-state index is 0.0846. The summed E-state index contributed by atoms with van der Waals surface area (Å²) < 4.78 is 0. The maximum Gasteiger partial charge on any atom is 0.316 e. The van der Waals surface area contributed by atoms with Crippen LogP contribution in [0.1, 0.15) is 39.4 Å². The highest BCUT2D eigenvalue weighted by atomic mass is 32.1. The Bertz CT molecular complexity index is 698. The van der Waals surface area contributed by atoms with Crippen molar-refractivity contribution < 1.29 is 9.59 Å². The Morgan fingerprint density at radius 1 is 0.957 bits per heavy atom. The molecule has 3 amide bonds. The molecule has 0 spiro atoms. The van der Waals surface area contributed by atoms with Crippen molar-refractivity contribution in [3.05, 3.63) is 45.6 Å². The van der Waals surface area contributed by atoms with Crippen LogP contribution in [-0.2, 0) is 12.8 Å². The van der Waals surface area contributed by atoms with Gasteiger partial charge < -0.3 is 16.4 Å². The summed E-state index contributed by atoms with van der Waals surface area (Å²) in [6.45, 7) is 0. The lowest BCUT2D eigenvalue weighted by Crippen LogP contribution is -2.19. The molecule has 1 aromatic carbocycles. The Morgan fingerprint density at radius 3 is 2.30 bits per heavy atom. The van der Waals surface area contributed by atoms with Gasteiger partial charge in [-0.3, -0.25) is 4.79 Å². The summed E-state index contributed by atoms with van der Waals surface area (Å²) in [5.41, 5.74) is 7.68. The second kappa shape index (κ2) is 6.83. The number of aryl methyl sites for hydroxylation is 2. The molecule has 0 aliphatic heterocycles. The van der Waals surface area contributed by atoms with Crippen LogP contribution in [0.5, 0.6) is 0 Å². The summed E-state index contributed by atoms with van der Waals surface area (Å²) in [5, 5.41) is 5.38. The monoisotopic (exact) mass is 329 g/mol. The molecule has 120 valence electrons. The molecule has 1 aromatic heterocycles. The van der Waals surface area contributed by atoms with Crippen LogP contribution in [0.2, 0.25) is 0 Å². The Hall–Kier alpha value is -2.34. The third kappa shape index (κ3) is 3.90. The van der Waals surface area contributed by atoms with Crippen molar-refractivity contribution in [2.75, 3.05) is 10.6 Å². The lowest BCUT2D eigenvalue weighted by atomic mass is 10.1. The Balaban J connectivity index is 1.68. The molecule has 0 bridgehead atoms. The van der Waals surface area contributed by atoms with Crippen molar-refractivity contribution in [2.45, 2.75) is 32.1 Å². The SMILES string of the molecule is NC(=O)Nc1ccc(NC(=O)c2cc3c(s2)CCCCC3)cc1. The fourth-order valence-electron chi connectivity index (χ4n) is 2.75. The zero-order valence-electron chi connectivity index (χ0n) is 12.7. The molecule has 1 aliphatic carbocycles. The van der Waals surface area contributed by atoms with Crippen LogP contribution in [0.15, 0.2) is 30.3 Å². The van der Waals surface area contributed by atoms with Crippen molar-refractivity contribution in [1.82, 2.24) is 0 Å². The summed E-state index contributed by atoms with van der Waals surface area (Å²) in [5.74, 6) is -0.0846. The zero-order chi connectivity index (χ0) is 16.2. The fourth-order valence-corrected chi connectivity index (χ4v) is 3.90. The van der Waals surface area contributed by atoms with Gasteiger partial charge in [0.2, 0.25) is 0 Å². The number of hydrogen-bond acceptors (Lipinski definition) is 3. The average molecular weight is 329 g/mol. The van der Waals surface area contributed by atoms with E-state index in [2.05, 4.69) is 10.6 Å². The normalized spacial score (nSPS) is 13.7. The first-order valence-electron chi connectivity index (χ1n) is 7.71. The zero-order valence-corrected chi connectivity index (χ0v) is 13.5. The second-order valence-electron chi connectivity index (χ2n) is 5.64. The van der Waals surface area contributed by atoms with Gasteiger partial charge in [-0.25, -0.2) is 4.79 Å². The van der Waals surface area contributed by atoms with E-state index < -0.39 is 6.03 Å². The van der Waals surface area contributed by atoms with Gasteiger partial charge in [0.25, 0.3) is 5.91 Å². The van der Waals surface area contributed by atoms with Crippen molar-refractivity contribution in [1.29, 1.82) is 0 Å². The van der Waals surface area contributed by atoms with E-state index in [9.17, 15) is 9.59 Å². The Kier molecular flexibility index (Phi) is 4.62. The van der Waals surface area contributed by atoms with E-state index in [-0.39, 0.29) is 5.91 Å². The standard InChI is InChI=1S/C17H19N3O2S/c18-17(22)20-13-8-6-12(7-9-13)19-16(21)15-10-11-4-2-1-3-5-14(11)23-15/h6-10H,1-5H2,(H,19,21)(H3,18,20,22). The molecule has 23 heavy (non-hydrogen) atoms. The molecule has 1 heterocycles. The number of rotatable bonds is 3. The number of amides is 3. The first-order chi connectivity index (χ1) is 11.1. The van der Waals surface area contributed by atoms with Gasteiger partial charge in [-0.2, -0.15) is 0 Å². The topological polar surface area (TPSA) is 84.2 Å². The summed E-state index contributed by atoms with van der Waals surface area (Å²) in [7, 11) is 0. The third-order valence-electron chi connectivity index (χ3n) is 3.88. The number of fused-ring (bicyclic) bond motifs is 1. The molecule has 0 fully saturated rings. The molecule has 0 unspecified atom stereocenters. The molecular weight excluding hydrogens is 310 g/mol. The molecule has 6 heteroatoms. The summed E-state index contributed by atoms with van der Waals surface area (Å²) in [4.78, 5) is 25.3. The number of carbonyl (C=O) groups excluding carboxylic acids is 2. The number of urea groups is 1. The lowest BCUT2D eigenvalue weighted by Gasteiger charge is -2.05. The molecule has 4 N–H and O–H groups in total. The second-order valence-corrected chi connectivity index (χ2v) is 6.78. The number of nitrogens with two attached hydrogens (primary N) is 1. The largest absolute Gasteiger partial charge is 0.351 e. The molecular formula is C17H19N3O2S. The number of thiophene rings is 1. The van der Waals surface area contributed by atoms with Crippen LogP contribution >= 0.6 is 11.3 Å². The Labute approximate surface area is 138 Å². The first-order valence-corrected chi connectivity index (χ1v) is 8.53. The fraction of sp³-hybridized carbons (Fsp3) is 0.294. The molecule has 0 saturated heterocycles. The van der Waals surface area contributed by atoms with Crippen LogP contribution in [0, 0.1) is 0 Å². The summed E-state index contributed by atoms with van der Waals surface area (Å²) in [6.07, 6.45) is 5.85. The number of nitrogens with one attached hydrogen (secondary N) is 2. The van der Waals surface area contributed by atoms with Crippen molar-refractivity contribution in [3.63, 3.8) is 0 Å². The number of hydrogen-bond donors (Lipinski definition) is 3. The number of carbonyl (C=O) groups is 2. The number of benzene rings is 1. The minimum Gasteiger partial charge on any atom is -0.351 e. The van der Waals surface area contributed by atoms with Gasteiger partial charge >= 0.3 is 6.03 Å². The molecule has 2 aromatic rings. The minimum atomic E-state index is -0.609. The van der Waals surface area contributed by atoms with E-state index >= 15 is 0 Å². The highest BCUT2D eigenvalue weighted by molar-refractivity contribution is 7.14. The highest BCUT2D eigenvalue weighted by Gasteiger charge is 2.16. The maximum absolute atomic E-state index is 12.4. The van der Waals surface area contributed by atoms with Crippen LogP contribution < -0.4 is 16.4 Å². The van der Waals surface area contributed by atoms with Crippen LogP contribution in [0.3, 0.4) is 0 Å². The maximum atomic E-state index is 12.4. The van der Waals surface area contributed by atoms with E-state index in [0.717, 1.165) is 17.7 Å². The molecule has 1 aliphatic rings. The van der Waals surface area contributed by atoms with Gasteiger partial charge in [-0.1, -0.05) is 6.42 Å². The predicted octanol–water partition coefficient (Wildman–Crippen LogP) is 3.76. The van der Waals surface area contributed by atoms with E-state index in [1.807, 2.05) is 6.07 Å². The number of anilines is 2. The van der Waals surface area contributed by atoms with Gasteiger partial charge in [-0.05, 0) is 61.6 Å². The van der Waals surface area contributed by atoms with Gasteiger partial charge in [0.15, 0.2) is 0 Å². The smallest absolute Gasteiger partial charge is 0.316 e. The van der Waals surface area contributed by atoms with Crippen molar-refractivity contribution >= 4 is 34.6 Å². The van der Waals surface area contributed by atoms with Gasteiger partial charge in [0.05, 0.1) is 4.88 Å². The van der Waals surface area contributed by atoms with Gasteiger partial charge in [0.1, 0.15) is 0 Å². The average Bonchev–Trinajstić information content (AvgIpc) is 2.80. The molecule has 3 rings (SSSR count). The summed E-state index contributed by atoms with van der Waals surface area (Å²) >= 11 is 1.60. The van der Waals surface area contributed by atoms with E-state index in [1.54, 1.807) is 35.6 Å². The Morgan fingerprint density at radius 2 is 1.61 bits per heavy atom. The van der Waals surface area contributed by atoms with E-state index in [4.69, 9.17) is 5.73 Å². The summed E-state index contributed by atoms with van der Waals surface area (Å²) in [6, 6.07) is 8.29. The van der Waals surface area contributed by atoms with Crippen molar-refractivity contribution in [2.24, 2.45) is 5.73 Å². The first kappa shape index (κ1) is 15.6. The molecule has 0 saturated carbocycles. The van der Waals surface area contributed by atoms with Crippen LogP contribution in [0.4, 0.5) is 16.2 Å². The number of primary amides is 1. The quantitative estimate of drug-likeness (QED) is 0.749. The predicted molar refractivity (Wildman–Crippen MR) is 93.2 cm³/mol. The molecule has 0 atom stereocenters. The lowest BCUT2D eigenvalue weighted by molar-refractivity contribution is 0.103. The molecule has 0 radical (unpaired) electrons. The third-order valence-corrected chi connectivity index (χ3v) is 5.12. The molecule has 5 nitrogen and oxygen atoms in total. The van der Waals surface area contributed by atoms with Gasteiger partial charge in [0, 0.05) is 16.3 Å².